The molecule has 0 bridgehead atoms. The Hall–Kier alpha value is -1.82. The van der Waals surface area contributed by atoms with Gasteiger partial charge >= 0.3 is 6.09 Å². The van der Waals surface area contributed by atoms with Crippen LogP contribution < -0.4 is 16.2 Å². The van der Waals surface area contributed by atoms with Gasteiger partial charge in [-0.1, -0.05) is 18.2 Å². The van der Waals surface area contributed by atoms with Gasteiger partial charge in [-0.25, -0.2) is 4.79 Å². The van der Waals surface area contributed by atoms with Gasteiger partial charge in [0.1, 0.15) is 5.60 Å². The minimum Gasteiger partial charge on any atom is -0.444 e. The van der Waals surface area contributed by atoms with Gasteiger partial charge in [-0.3, -0.25) is 16.2 Å². The van der Waals surface area contributed by atoms with Crippen LogP contribution >= 0.6 is 12.2 Å². The van der Waals surface area contributed by atoms with Gasteiger partial charge in [0.05, 0.1) is 5.69 Å². The van der Waals surface area contributed by atoms with Crippen LogP contribution in [0.1, 0.15) is 20.8 Å². The van der Waals surface area contributed by atoms with E-state index >= 15 is 0 Å². The number of hydrogen-bond donors (Lipinski definition) is 3. The molecule has 0 saturated carbocycles. The van der Waals surface area contributed by atoms with Gasteiger partial charge < -0.3 is 4.74 Å². The van der Waals surface area contributed by atoms with E-state index in [9.17, 15) is 4.79 Å². The van der Waals surface area contributed by atoms with Crippen LogP contribution in [0.25, 0.3) is 0 Å². The molecule has 0 spiro atoms. The van der Waals surface area contributed by atoms with Crippen molar-refractivity contribution in [3.8, 4) is 0 Å². The molecule has 6 heteroatoms. The van der Waals surface area contributed by atoms with Crippen LogP contribution in [0.4, 0.5) is 10.5 Å². The maximum atomic E-state index is 11.4. The molecule has 0 aromatic heterocycles. The number of amides is 1. The number of benzene rings is 1. The van der Waals surface area contributed by atoms with Crippen molar-refractivity contribution in [2.45, 2.75) is 26.4 Å². The van der Waals surface area contributed by atoms with E-state index in [0.29, 0.717) is 0 Å². The molecule has 1 aromatic rings. The number of thiocarbonyl (C=S) groups is 1. The Morgan fingerprint density at radius 3 is 2.39 bits per heavy atom. The second kappa shape index (κ2) is 6.20. The molecule has 18 heavy (non-hydrogen) atoms. The first-order valence-corrected chi connectivity index (χ1v) is 5.89. The smallest absolute Gasteiger partial charge is 0.413 e. The van der Waals surface area contributed by atoms with Crippen LogP contribution in [-0.2, 0) is 4.74 Å². The third kappa shape index (κ3) is 6.05. The predicted molar refractivity (Wildman–Crippen MR) is 75.2 cm³/mol. The lowest BCUT2D eigenvalue weighted by Gasteiger charge is -2.20. The van der Waals surface area contributed by atoms with Gasteiger partial charge in [0.2, 0.25) is 0 Å². The molecule has 5 nitrogen and oxygen atoms in total. The average Bonchev–Trinajstić information content (AvgIpc) is 2.25. The second-order valence-corrected chi connectivity index (χ2v) is 4.98. The maximum absolute atomic E-state index is 11.4. The summed E-state index contributed by atoms with van der Waals surface area (Å²) in [6, 6.07) is 9.40. The number of carbonyl (C=O) groups excluding carboxylic acids is 1. The number of alkyl carbamates (subject to hydrolysis) is 1. The summed E-state index contributed by atoms with van der Waals surface area (Å²) in [5.41, 5.74) is 5.83. The van der Waals surface area contributed by atoms with Crippen molar-refractivity contribution in [3.05, 3.63) is 30.3 Å². The SMILES string of the molecule is CC(C)(C)OC(=O)NC(=S)NNc1ccccc1. The Bertz CT molecular complexity index is 415. The molecule has 0 unspecified atom stereocenters. The van der Waals surface area contributed by atoms with E-state index in [2.05, 4.69) is 16.2 Å². The number of hydrogen-bond acceptors (Lipinski definition) is 4. The molecule has 1 aromatic carbocycles. The van der Waals surface area contributed by atoms with E-state index in [1.165, 1.54) is 0 Å². The highest BCUT2D eigenvalue weighted by atomic mass is 32.1. The average molecular weight is 267 g/mol. The van der Waals surface area contributed by atoms with Gasteiger partial charge in [0.25, 0.3) is 0 Å². The van der Waals surface area contributed by atoms with Gasteiger partial charge in [0.15, 0.2) is 5.11 Å². The number of rotatable bonds is 2. The first kappa shape index (κ1) is 14.2. The van der Waals surface area contributed by atoms with Gasteiger partial charge in [-0.05, 0) is 45.1 Å². The zero-order chi connectivity index (χ0) is 13.6. The summed E-state index contributed by atoms with van der Waals surface area (Å²) in [5, 5.41) is 2.55. The molecule has 0 heterocycles. The van der Waals surface area contributed by atoms with E-state index < -0.39 is 11.7 Å². The number of ether oxygens (including phenoxy) is 1. The summed E-state index contributed by atoms with van der Waals surface area (Å²) in [5.74, 6) is 0. The Labute approximate surface area is 112 Å². The summed E-state index contributed by atoms with van der Waals surface area (Å²) < 4.78 is 5.06. The third-order valence-electron chi connectivity index (χ3n) is 1.71. The lowest BCUT2D eigenvalue weighted by Crippen LogP contribution is -2.44. The molecular weight excluding hydrogens is 250 g/mol. The first-order chi connectivity index (χ1) is 8.37. The quantitative estimate of drug-likeness (QED) is 0.567. The summed E-state index contributed by atoms with van der Waals surface area (Å²) in [6.45, 7) is 5.35. The minimum atomic E-state index is -0.588. The minimum absolute atomic E-state index is 0.146. The molecule has 1 rings (SSSR count). The summed E-state index contributed by atoms with van der Waals surface area (Å²) in [6.07, 6.45) is -0.588. The van der Waals surface area contributed by atoms with Crippen molar-refractivity contribution in [3.63, 3.8) is 0 Å². The van der Waals surface area contributed by atoms with Crippen LogP contribution in [-0.4, -0.2) is 16.8 Å². The van der Waals surface area contributed by atoms with Crippen molar-refractivity contribution in [2.75, 3.05) is 5.43 Å². The van der Waals surface area contributed by atoms with E-state index in [4.69, 9.17) is 17.0 Å². The summed E-state index contributed by atoms with van der Waals surface area (Å²) in [4.78, 5) is 11.4. The zero-order valence-corrected chi connectivity index (χ0v) is 11.4. The fourth-order valence-corrected chi connectivity index (χ4v) is 1.21. The van der Waals surface area contributed by atoms with E-state index in [1.54, 1.807) is 20.8 Å². The normalized spacial score (nSPS) is 10.4. The molecular formula is C12H17N3O2S. The number of anilines is 1. The van der Waals surface area contributed by atoms with Gasteiger partial charge in [-0.2, -0.15) is 0 Å². The number of hydrazine groups is 1. The highest BCUT2D eigenvalue weighted by Crippen LogP contribution is 2.06. The van der Waals surface area contributed by atoms with Crippen molar-refractivity contribution >= 4 is 29.1 Å². The lowest BCUT2D eigenvalue weighted by molar-refractivity contribution is 0.0563. The highest BCUT2D eigenvalue weighted by Gasteiger charge is 2.16. The first-order valence-electron chi connectivity index (χ1n) is 5.48. The Kier molecular flexibility index (Phi) is 4.91. The summed E-state index contributed by atoms with van der Waals surface area (Å²) in [7, 11) is 0. The van der Waals surface area contributed by atoms with Gasteiger partial charge in [0, 0.05) is 0 Å². The van der Waals surface area contributed by atoms with Crippen molar-refractivity contribution < 1.29 is 9.53 Å². The predicted octanol–water partition coefficient (Wildman–Crippen LogP) is 2.41. The van der Waals surface area contributed by atoms with Crippen LogP contribution in [0, 0.1) is 0 Å². The Balaban J connectivity index is 2.32. The molecule has 0 aliphatic heterocycles. The largest absolute Gasteiger partial charge is 0.444 e. The molecule has 0 atom stereocenters. The fourth-order valence-electron chi connectivity index (χ4n) is 1.08. The standard InChI is InChI=1S/C12H17N3O2S/c1-12(2,3)17-11(16)13-10(18)15-14-9-7-5-4-6-8-9/h4-8,14H,1-3H3,(H2,13,15,16,18). The van der Waals surface area contributed by atoms with E-state index in [-0.39, 0.29) is 5.11 Å². The molecule has 0 aliphatic rings. The monoisotopic (exact) mass is 267 g/mol. The van der Waals surface area contributed by atoms with Crippen molar-refractivity contribution in [1.29, 1.82) is 0 Å². The zero-order valence-electron chi connectivity index (χ0n) is 10.6. The molecule has 98 valence electrons. The fraction of sp³-hybridized carbons (Fsp3) is 0.333. The summed E-state index contributed by atoms with van der Waals surface area (Å²) >= 11 is 4.93. The molecule has 0 fully saturated rings. The third-order valence-corrected chi connectivity index (χ3v) is 1.91. The molecule has 0 aliphatic carbocycles. The highest BCUT2D eigenvalue weighted by molar-refractivity contribution is 7.80. The van der Waals surface area contributed by atoms with Crippen LogP contribution in [0.15, 0.2) is 30.3 Å². The van der Waals surface area contributed by atoms with Crippen LogP contribution in [0.2, 0.25) is 0 Å². The Morgan fingerprint density at radius 2 is 1.83 bits per heavy atom. The van der Waals surface area contributed by atoms with E-state index in [0.717, 1.165) is 5.69 Å². The van der Waals surface area contributed by atoms with E-state index in [1.807, 2.05) is 30.3 Å². The lowest BCUT2D eigenvalue weighted by atomic mass is 10.2. The number of nitrogens with one attached hydrogen (secondary N) is 3. The Morgan fingerprint density at radius 1 is 1.22 bits per heavy atom. The molecule has 3 N–H and O–H groups in total. The van der Waals surface area contributed by atoms with Crippen molar-refractivity contribution in [1.82, 2.24) is 10.7 Å². The van der Waals surface area contributed by atoms with Crippen LogP contribution in [0.5, 0.6) is 0 Å². The van der Waals surface area contributed by atoms with Crippen LogP contribution in [0.3, 0.4) is 0 Å². The molecule has 0 saturated heterocycles. The maximum Gasteiger partial charge on any atom is 0.413 e. The van der Waals surface area contributed by atoms with Crippen molar-refractivity contribution in [2.24, 2.45) is 0 Å². The number of carbonyl (C=O) groups is 1. The number of para-hydroxylation sites is 1. The van der Waals surface area contributed by atoms with Gasteiger partial charge in [-0.15, -0.1) is 0 Å². The molecule has 1 amide bonds. The second-order valence-electron chi connectivity index (χ2n) is 4.57. The molecule has 0 radical (unpaired) electrons. The topological polar surface area (TPSA) is 62.4 Å².